The summed E-state index contributed by atoms with van der Waals surface area (Å²) in [7, 11) is 1.05. The summed E-state index contributed by atoms with van der Waals surface area (Å²) in [6.45, 7) is -0.629. The summed E-state index contributed by atoms with van der Waals surface area (Å²) in [5.74, 6) is -4.33. The van der Waals surface area contributed by atoms with Gasteiger partial charge < -0.3 is 9.47 Å². The van der Waals surface area contributed by atoms with Gasteiger partial charge in [0.2, 0.25) is 0 Å². The first-order chi connectivity index (χ1) is 12.2. The molecule has 2 rings (SSSR count). The van der Waals surface area contributed by atoms with Gasteiger partial charge in [-0.3, -0.25) is 9.59 Å². The molecule has 0 spiro atoms. The summed E-state index contributed by atoms with van der Waals surface area (Å²) in [5, 5.41) is 0. The third kappa shape index (κ3) is 3.94. The molecule has 0 N–H and O–H groups in total. The normalized spacial score (nSPS) is 15.0. The first-order valence-electron chi connectivity index (χ1n) is 8.37. The van der Waals surface area contributed by atoms with Crippen LogP contribution in [0.15, 0.2) is 42.5 Å². The Hall–Kier alpha value is -2.69. The van der Waals surface area contributed by atoms with Crippen molar-refractivity contribution in [1.82, 2.24) is 0 Å². The van der Waals surface area contributed by atoms with Crippen LogP contribution in [-0.2, 0) is 14.3 Å². The number of hydrogen-bond donors (Lipinski definition) is 0. The van der Waals surface area contributed by atoms with Gasteiger partial charge in [-0.05, 0) is 36.2 Å². The van der Waals surface area contributed by atoms with Crippen LogP contribution < -0.4 is 4.74 Å². The summed E-state index contributed by atoms with van der Waals surface area (Å²) in [6, 6.07) is 9.77. The molecule has 0 heterocycles. The highest BCUT2D eigenvalue weighted by molar-refractivity contribution is 5.78. The second kappa shape index (κ2) is 7.05. The van der Waals surface area contributed by atoms with E-state index in [1.54, 1.807) is 12.1 Å². The number of ether oxygens (including phenoxy) is 2. The Morgan fingerprint density at radius 2 is 1.91 bits per heavy atom. The molecule has 0 fully saturated rings. The molecule has 1 unspecified atom stereocenters. The van der Waals surface area contributed by atoms with Crippen molar-refractivity contribution in [1.29, 1.82) is 0 Å². The Bertz CT molecular complexity index is 824. The maximum absolute atomic E-state index is 14.6. The Morgan fingerprint density at radius 3 is 2.43 bits per heavy atom. The fraction of sp³-hybridized carbons (Fsp3) is 0.222. The van der Waals surface area contributed by atoms with Crippen LogP contribution in [0, 0.1) is 5.82 Å². The summed E-state index contributed by atoms with van der Waals surface area (Å²) in [6.07, 6.45) is 0. The Labute approximate surface area is 138 Å². The average molecular weight is 319 g/mol. The molecule has 0 bridgehead atoms. The Morgan fingerprint density at radius 1 is 1.22 bits per heavy atom. The smallest absolute Gasteiger partial charge is 0.312 e. The van der Waals surface area contributed by atoms with E-state index in [1.807, 2.05) is 0 Å². The van der Waals surface area contributed by atoms with Crippen molar-refractivity contribution in [2.24, 2.45) is 0 Å². The van der Waals surface area contributed by atoms with E-state index in [0.717, 1.165) is 13.2 Å². The van der Waals surface area contributed by atoms with Crippen LogP contribution >= 0.6 is 0 Å². The molecular weight excluding hydrogens is 299 g/mol. The van der Waals surface area contributed by atoms with Gasteiger partial charge in [0.05, 0.1) is 13.0 Å². The first-order valence-corrected chi connectivity index (χ1v) is 6.72. The summed E-state index contributed by atoms with van der Waals surface area (Å²) >= 11 is 0. The van der Waals surface area contributed by atoms with Crippen LogP contribution in [0.25, 0.3) is 11.1 Å². The van der Waals surface area contributed by atoms with E-state index >= 15 is 0 Å². The van der Waals surface area contributed by atoms with Crippen molar-refractivity contribution in [3.63, 3.8) is 0 Å². The highest BCUT2D eigenvalue weighted by Gasteiger charge is 2.17. The molecule has 0 aliphatic rings. The number of rotatable bonds is 4. The summed E-state index contributed by atoms with van der Waals surface area (Å²) < 4.78 is 47.1. The van der Waals surface area contributed by atoms with Gasteiger partial charge >= 0.3 is 11.9 Å². The minimum Gasteiger partial charge on any atom is -0.469 e. The Kier molecular flexibility index (Phi) is 3.93. The monoisotopic (exact) mass is 319 g/mol. The van der Waals surface area contributed by atoms with E-state index in [9.17, 15) is 14.0 Å². The fourth-order valence-electron chi connectivity index (χ4n) is 2.01. The van der Waals surface area contributed by atoms with Crippen molar-refractivity contribution in [2.75, 3.05) is 7.11 Å². The predicted molar refractivity (Wildman–Crippen MR) is 83.6 cm³/mol. The molecule has 0 saturated carbocycles. The van der Waals surface area contributed by atoms with Crippen molar-refractivity contribution < 1.29 is 27.6 Å². The van der Waals surface area contributed by atoms with Gasteiger partial charge in [-0.1, -0.05) is 24.3 Å². The fourth-order valence-corrected chi connectivity index (χ4v) is 2.01. The minimum atomic E-state index is -2.35. The van der Waals surface area contributed by atoms with E-state index < -0.39 is 30.5 Å². The van der Waals surface area contributed by atoms with Crippen molar-refractivity contribution in [3.8, 4) is 16.9 Å². The zero-order valence-electron chi connectivity index (χ0n) is 15.6. The van der Waals surface area contributed by atoms with Gasteiger partial charge in [-0.25, -0.2) is 4.39 Å². The third-order valence-corrected chi connectivity index (χ3v) is 3.11. The standard InChI is InChI=1S/C18H17FO4/c1-11(18(21)22-3)14-6-9-16(17(19)10-14)13-4-7-15(8-5-13)23-12(2)20/h4-11H,1-3H3/i1D2,11D. The van der Waals surface area contributed by atoms with E-state index in [2.05, 4.69) is 4.74 Å². The number of methoxy groups -OCH3 is 1. The quantitative estimate of drug-likeness (QED) is 0.637. The van der Waals surface area contributed by atoms with Gasteiger partial charge in [0, 0.05) is 16.6 Å². The molecule has 5 heteroatoms. The molecule has 120 valence electrons. The lowest BCUT2D eigenvalue weighted by Crippen LogP contribution is -2.11. The average Bonchev–Trinajstić information content (AvgIpc) is 2.60. The second-order valence-corrected chi connectivity index (χ2v) is 4.72. The molecule has 1 atom stereocenters. The highest BCUT2D eigenvalue weighted by Crippen LogP contribution is 2.28. The second-order valence-electron chi connectivity index (χ2n) is 4.72. The minimum absolute atomic E-state index is 0.142. The van der Waals surface area contributed by atoms with Crippen LogP contribution in [0.1, 0.15) is 29.4 Å². The molecule has 0 saturated heterocycles. The molecule has 0 aliphatic carbocycles. The summed E-state index contributed by atoms with van der Waals surface area (Å²) in [5.41, 5.74) is 0.547. The molecule has 2 aromatic carbocycles. The number of carbonyl (C=O) groups excluding carboxylic acids is 2. The first kappa shape index (κ1) is 12.8. The molecule has 2 aromatic rings. The van der Waals surface area contributed by atoms with Gasteiger partial charge in [0.15, 0.2) is 0 Å². The number of halogens is 1. The van der Waals surface area contributed by atoms with Crippen LogP contribution in [0.2, 0.25) is 0 Å². The predicted octanol–water partition coefficient (Wildman–Crippen LogP) is 3.69. The van der Waals surface area contributed by atoms with E-state index in [-0.39, 0.29) is 11.1 Å². The third-order valence-electron chi connectivity index (χ3n) is 3.11. The van der Waals surface area contributed by atoms with Crippen LogP contribution in [0.4, 0.5) is 4.39 Å². The number of esters is 2. The van der Waals surface area contributed by atoms with Crippen LogP contribution in [0.5, 0.6) is 5.75 Å². The molecule has 23 heavy (non-hydrogen) atoms. The number of hydrogen-bond acceptors (Lipinski definition) is 4. The number of carbonyl (C=O) groups is 2. The SMILES string of the molecule is [2H]C([2H])C([2H])(C(=O)OC)c1ccc(-c2ccc(OC(C)=O)cc2)c(F)c1. The lowest BCUT2D eigenvalue weighted by Gasteiger charge is -2.11. The lowest BCUT2D eigenvalue weighted by molar-refractivity contribution is -0.142. The molecule has 0 aliphatic heterocycles. The van der Waals surface area contributed by atoms with E-state index in [0.29, 0.717) is 11.3 Å². The highest BCUT2D eigenvalue weighted by atomic mass is 19.1. The Balaban J connectivity index is 2.40. The van der Waals surface area contributed by atoms with Crippen molar-refractivity contribution in [2.45, 2.75) is 19.7 Å². The number of benzene rings is 2. The molecular formula is C18H17FO4. The van der Waals surface area contributed by atoms with Gasteiger partial charge in [-0.15, -0.1) is 0 Å². The molecule has 0 aromatic heterocycles. The van der Waals surface area contributed by atoms with Gasteiger partial charge in [0.1, 0.15) is 11.6 Å². The molecule has 0 amide bonds. The van der Waals surface area contributed by atoms with Crippen LogP contribution in [-0.4, -0.2) is 19.0 Å². The van der Waals surface area contributed by atoms with Crippen molar-refractivity contribution in [3.05, 3.63) is 53.8 Å². The zero-order valence-corrected chi connectivity index (χ0v) is 12.6. The maximum Gasteiger partial charge on any atom is 0.312 e. The van der Waals surface area contributed by atoms with Gasteiger partial charge in [-0.2, -0.15) is 0 Å². The summed E-state index contributed by atoms with van der Waals surface area (Å²) in [4.78, 5) is 22.8. The van der Waals surface area contributed by atoms with E-state index in [1.165, 1.54) is 31.2 Å². The largest absolute Gasteiger partial charge is 0.469 e. The van der Waals surface area contributed by atoms with Gasteiger partial charge in [0.25, 0.3) is 0 Å². The maximum atomic E-state index is 14.6. The lowest BCUT2D eigenvalue weighted by atomic mass is 9.97. The van der Waals surface area contributed by atoms with Crippen LogP contribution in [0.3, 0.4) is 0 Å². The van der Waals surface area contributed by atoms with E-state index in [4.69, 9.17) is 8.85 Å². The molecule has 4 nitrogen and oxygen atoms in total. The topological polar surface area (TPSA) is 52.6 Å². The zero-order chi connectivity index (χ0) is 19.5. The molecule has 0 radical (unpaired) electrons. The van der Waals surface area contributed by atoms with Crippen molar-refractivity contribution >= 4 is 11.9 Å².